The Morgan fingerprint density at radius 1 is 1.24 bits per heavy atom. The summed E-state index contributed by atoms with van der Waals surface area (Å²) >= 11 is 0. The van der Waals surface area contributed by atoms with E-state index in [4.69, 9.17) is 9.47 Å². The molecule has 2 fully saturated rings. The number of carbonyl (C=O) groups excluding carboxylic acids is 1. The van der Waals surface area contributed by atoms with Crippen LogP contribution in [0.3, 0.4) is 0 Å². The number of nitrogens with one attached hydrogen (secondary N) is 1. The van der Waals surface area contributed by atoms with E-state index in [0.29, 0.717) is 32.8 Å². The minimum Gasteiger partial charge on any atom is -0.492 e. The molecule has 2 aromatic rings. The van der Waals surface area contributed by atoms with Crippen LogP contribution >= 0.6 is 0 Å². The van der Waals surface area contributed by atoms with Gasteiger partial charge in [0.05, 0.1) is 24.0 Å². The number of piperazine rings is 1. The van der Waals surface area contributed by atoms with E-state index in [-0.39, 0.29) is 29.8 Å². The van der Waals surface area contributed by atoms with Crippen molar-refractivity contribution in [2.45, 2.75) is 30.9 Å². The number of ether oxygens (including phenoxy) is 2. The Bertz CT molecular complexity index is 1070. The van der Waals surface area contributed by atoms with E-state index < -0.39 is 15.9 Å². The molecule has 1 N–H and O–H groups in total. The normalized spacial score (nSPS) is 19.6. The molecular formula is C22H31N5O5S. The van der Waals surface area contributed by atoms with E-state index in [0.717, 1.165) is 24.3 Å². The molecule has 1 aromatic heterocycles. The van der Waals surface area contributed by atoms with Gasteiger partial charge in [-0.3, -0.25) is 9.48 Å². The van der Waals surface area contributed by atoms with Gasteiger partial charge < -0.3 is 19.7 Å². The summed E-state index contributed by atoms with van der Waals surface area (Å²) in [7, 11) is -2.32. The van der Waals surface area contributed by atoms with E-state index in [1.165, 1.54) is 15.2 Å². The second kappa shape index (κ2) is 10.1. The van der Waals surface area contributed by atoms with Gasteiger partial charge in [0.25, 0.3) is 15.9 Å². The lowest BCUT2D eigenvalue weighted by Gasteiger charge is -2.35. The predicted octanol–water partition coefficient (Wildman–Crippen LogP) is 1.24. The number of aryl methyl sites for hydroxylation is 1. The van der Waals surface area contributed by atoms with Crippen molar-refractivity contribution in [2.24, 2.45) is 7.05 Å². The Labute approximate surface area is 194 Å². The van der Waals surface area contributed by atoms with Crippen LogP contribution in [0.2, 0.25) is 0 Å². The number of sulfonamides is 1. The smallest absolute Gasteiger partial charge is 0.263 e. The monoisotopic (exact) mass is 477 g/mol. The highest BCUT2D eigenvalue weighted by Gasteiger charge is 2.35. The van der Waals surface area contributed by atoms with Crippen LogP contribution in [-0.4, -0.2) is 80.5 Å². The summed E-state index contributed by atoms with van der Waals surface area (Å²) in [6, 6.07) is 7.75. The summed E-state index contributed by atoms with van der Waals surface area (Å²) < 4.78 is 40.8. The molecular weight excluding hydrogens is 446 g/mol. The van der Waals surface area contributed by atoms with E-state index in [9.17, 15) is 13.2 Å². The number of carbonyl (C=O) groups is 1. The highest BCUT2D eigenvalue weighted by atomic mass is 32.2. The number of hydrogen-bond donors (Lipinski definition) is 1. The van der Waals surface area contributed by atoms with Crippen LogP contribution in [0.25, 0.3) is 0 Å². The number of rotatable bonds is 8. The van der Waals surface area contributed by atoms with Crippen LogP contribution in [0.1, 0.15) is 30.1 Å². The third-order valence-corrected chi connectivity index (χ3v) is 7.72. The van der Waals surface area contributed by atoms with Crippen LogP contribution in [-0.2, 0) is 21.8 Å². The number of para-hydroxylation sites is 2. The second-order valence-corrected chi connectivity index (χ2v) is 10.0. The second-order valence-electron chi connectivity index (χ2n) is 8.16. The Balaban J connectivity index is 1.46. The molecule has 2 aliphatic heterocycles. The van der Waals surface area contributed by atoms with Gasteiger partial charge in [0, 0.05) is 52.6 Å². The maximum Gasteiger partial charge on any atom is 0.263 e. The van der Waals surface area contributed by atoms with Crippen molar-refractivity contribution in [3.8, 4) is 5.75 Å². The fourth-order valence-electron chi connectivity index (χ4n) is 4.21. The molecule has 4 rings (SSSR count). The van der Waals surface area contributed by atoms with Crippen LogP contribution < -0.4 is 15.0 Å². The van der Waals surface area contributed by atoms with Gasteiger partial charge in [-0.25, -0.2) is 8.42 Å². The molecule has 11 heteroatoms. The SMILES string of the molecule is CCOc1ccccc1N1CCN(S(=O)(=O)c2nn(C)cc2C(=O)NC[C@H]2CCCO2)CC1. The maximum absolute atomic E-state index is 13.4. The molecule has 1 amide bonds. The molecule has 33 heavy (non-hydrogen) atoms. The van der Waals surface area contributed by atoms with Gasteiger partial charge >= 0.3 is 0 Å². The average Bonchev–Trinajstić information content (AvgIpc) is 3.48. The van der Waals surface area contributed by atoms with Gasteiger partial charge in [-0.15, -0.1) is 0 Å². The fraction of sp³-hybridized carbons (Fsp3) is 0.545. The molecule has 1 atom stereocenters. The van der Waals surface area contributed by atoms with Crippen LogP contribution in [0.5, 0.6) is 5.75 Å². The van der Waals surface area contributed by atoms with Crippen molar-refractivity contribution in [1.82, 2.24) is 19.4 Å². The van der Waals surface area contributed by atoms with E-state index in [1.54, 1.807) is 7.05 Å². The molecule has 1 aromatic carbocycles. The Hall–Kier alpha value is -2.63. The van der Waals surface area contributed by atoms with Crippen molar-refractivity contribution in [2.75, 3.05) is 50.8 Å². The Morgan fingerprint density at radius 3 is 2.70 bits per heavy atom. The van der Waals surface area contributed by atoms with Gasteiger partial charge in [-0.1, -0.05) is 12.1 Å². The van der Waals surface area contributed by atoms with Crippen molar-refractivity contribution >= 4 is 21.6 Å². The number of anilines is 1. The van der Waals surface area contributed by atoms with Gasteiger partial charge in [0.1, 0.15) is 5.75 Å². The first kappa shape index (κ1) is 23.5. The standard InChI is InChI=1S/C22H31N5O5S/c1-3-31-20-9-5-4-8-19(20)26-10-12-27(13-11-26)33(29,30)22-18(16-25(2)24-22)21(28)23-15-17-7-6-14-32-17/h4-5,8-9,16-17H,3,6-7,10-15H2,1-2H3,(H,23,28)/t17-/m1/s1. The zero-order chi connectivity index (χ0) is 23.4. The van der Waals surface area contributed by atoms with Crippen molar-refractivity contribution in [3.63, 3.8) is 0 Å². The zero-order valence-corrected chi connectivity index (χ0v) is 19.9. The summed E-state index contributed by atoms with van der Waals surface area (Å²) in [5, 5.41) is 6.72. The zero-order valence-electron chi connectivity index (χ0n) is 19.1. The first-order chi connectivity index (χ1) is 15.9. The van der Waals surface area contributed by atoms with Gasteiger partial charge in [-0.05, 0) is 31.9 Å². The molecule has 10 nitrogen and oxygen atoms in total. The summed E-state index contributed by atoms with van der Waals surface area (Å²) in [4.78, 5) is 14.9. The summed E-state index contributed by atoms with van der Waals surface area (Å²) in [5.41, 5.74) is 1.00. The Morgan fingerprint density at radius 2 is 2.00 bits per heavy atom. The summed E-state index contributed by atoms with van der Waals surface area (Å²) in [5.74, 6) is 0.327. The van der Waals surface area contributed by atoms with Crippen molar-refractivity contribution in [1.29, 1.82) is 0 Å². The highest BCUT2D eigenvalue weighted by molar-refractivity contribution is 7.89. The van der Waals surface area contributed by atoms with E-state index in [1.807, 2.05) is 31.2 Å². The summed E-state index contributed by atoms with van der Waals surface area (Å²) in [6.07, 6.45) is 3.27. The molecule has 0 radical (unpaired) electrons. The molecule has 180 valence electrons. The number of nitrogens with zero attached hydrogens (tertiary/aromatic N) is 4. The van der Waals surface area contributed by atoms with Crippen LogP contribution in [0, 0.1) is 0 Å². The van der Waals surface area contributed by atoms with E-state index >= 15 is 0 Å². The number of benzene rings is 1. The minimum absolute atomic E-state index is 0.0293. The first-order valence-corrected chi connectivity index (χ1v) is 12.7. The molecule has 0 aliphatic carbocycles. The molecule has 2 aliphatic rings. The van der Waals surface area contributed by atoms with Crippen molar-refractivity contribution in [3.05, 3.63) is 36.0 Å². The summed E-state index contributed by atoms with van der Waals surface area (Å²) in [6.45, 7) is 5.13. The van der Waals surface area contributed by atoms with Gasteiger partial charge in [0.2, 0.25) is 5.03 Å². The average molecular weight is 478 g/mol. The minimum atomic E-state index is -3.93. The lowest BCUT2D eigenvalue weighted by atomic mass is 10.2. The molecule has 3 heterocycles. The lowest BCUT2D eigenvalue weighted by Crippen LogP contribution is -2.49. The molecule has 0 bridgehead atoms. The third kappa shape index (κ3) is 5.15. The number of hydrogen-bond acceptors (Lipinski definition) is 7. The Kier molecular flexibility index (Phi) is 7.20. The van der Waals surface area contributed by atoms with Crippen molar-refractivity contribution < 1.29 is 22.7 Å². The number of amides is 1. The topological polar surface area (TPSA) is 106 Å². The maximum atomic E-state index is 13.4. The third-order valence-electron chi connectivity index (χ3n) is 5.88. The molecule has 0 unspecified atom stereocenters. The molecule has 0 saturated carbocycles. The van der Waals surface area contributed by atoms with Crippen LogP contribution in [0.15, 0.2) is 35.5 Å². The molecule has 2 saturated heterocycles. The van der Waals surface area contributed by atoms with Crippen LogP contribution in [0.4, 0.5) is 5.69 Å². The predicted molar refractivity (Wildman–Crippen MR) is 123 cm³/mol. The van der Waals surface area contributed by atoms with E-state index in [2.05, 4.69) is 15.3 Å². The lowest BCUT2D eigenvalue weighted by molar-refractivity contribution is 0.0855. The number of aromatic nitrogens is 2. The van der Waals surface area contributed by atoms with Gasteiger partial charge in [0.15, 0.2) is 0 Å². The van der Waals surface area contributed by atoms with Gasteiger partial charge in [-0.2, -0.15) is 9.40 Å². The largest absolute Gasteiger partial charge is 0.492 e. The molecule has 0 spiro atoms. The highest BCUT2D eigenvalue weighted by Crippen LogP contribution is 2.30. The first-order valence-electron chi connectivity index (χ1n) is 11.3. The fourth-order valence-corrected chi connectivity index (χ4v) is 5.75. The quantitative estimate of drug-likeness (QED) is 0.610.